The molecular weight excluding hydrogens is 1570 g/mol. The first-order chi connectivity index (χ1) is 61.8. The van der Waals surface area contributed by atoms with E-state index in [-0.39, 0.29) is 0 Å². The molecule has 26 aromatic rings. The molecule has 0 fully saturated rings. The first-order valence-corrected chi connectivity index (χ1v) is 44.7. The summed E-state index contributed by atoms with van der Waals surface area (Å²) in [5, 5.41) is 21.9. The summed E-state index contributed by atoms with van der Waals surface area (Å²) in [4.78, 5) is 30.2. The monoisotopic (exact) mass is 1640 g/mol. The van der Waals surface area contributed by atoms with Gasteiger partial charge >= 0.3 is 0 Å². The predicted octanol–water partition coefficient (Wildman–Crippen LogP) is 32.9. The molecule has 0 N–H and O–H groups in total. The van der Waals surface area contributed by atoms with E-state index in [1.807, 2.05) is 96.6 Å². The SMILES string of the molecule is Cc1nc2c3ccccc3c3cc(-c4cccc(-c5cccc6c5sc5ccccc56)c4)ccc3c2nc1C.c1ccc(-c2cnc3c4ccc(-c5cccc(-c6cccc7c6sc6ccccc67)c5)cc4c4ccccc4c3n2)cc1.c1ccc(-c2cnc3c4ccccc4c4cc(-c5cccc(-c6cccc7c6sc6ccccc67)c5)ccc4c3n2)cc1. The quantitative estimate of drug-likeness (QED) is 0.141. The van der Waals surface area contributed by atoms with Crippen LogP contribution in [-0.2, 0) is 0 Å². The fourth-order valence-electron chi connectivity index (χ4n) is 18.8. The highest BCUT2D eigenvalue weighted by Crippen LogP contribution is 2.48. The number of fused-ring (bicyclic) bond motifs is 27. The number of aromatic nitrogens is 6. The summed E-state index contributed by atoms with van der Waals surface area (Å²) in [7, 11) is 0. The Morgan fingerprint density at radius 2 is 0.416 bits per heavy atom. The summed E-state index contributed by atoms with van der Waals surface area (Å²) in [5.41, 5.74) is 26.3. The topological polar surface area (TPSA) is 77.3 Å². The van der Waals surface area contributed by atoms with Gasteiger partial charge in [0.05, 0.1) is 68.3 Å². The number of benzene rings is 20. The normalized spacial score (nSPS) is 11.8. The smallest absolute Gasteiger partial charge is 0.0979 e. The second-order valence-corrected chi connectivity index (χ2v) is 35.4. The van der Waals surface area contributed by atoms with Crippen LogP contribution >= 0.6 is 34.0 Å². The zero-order valence-electron chi connectivity index (χ0n) is 68.0. The van der Waals surface area contributed by atoms with Gasteiger partial charge in [0.25, 0.3) is 0 Å². The van der Waals surface area contributed by atoms with Crippen molar-refractivity contribution in [2.75, 3.05) is 0 Å². The molecule has 9 heteroatoms. The Kier molecular flexibility index (Phi) is 17.9. The number of rotatable bonds is 8. The molecule has 0 aliphatic heterocycles. The Balaban J connectivity index is 0.000000105. The van der Waals surface area contributed by atoms with Gasteiger partial charge in [0.1, 0.15) is 0 Å². The average Bonchev–Trinajstić information content (AvgIpc) is 1.56. The van der Waals surface area contributed by atoms with Crippen LogP contribution in [0.5, 0.6) is 0 Å². The Morgan fingerprint density at radius 3 is 0.768 bits per heavy atom. The molecule has 584 valence electrons. The molecule has 6 nitrogen and oxygen atoms in total. The molecule has 125 heavy (non-hydrogen) atoms. The van der Waals surface area contributed by atoms with E-state index in [4.69, 9.17) is 29.9 Å². The minimum absolute atomic E-state index is 0.886. The lowest BCUT2D eigenvalue weighted by Gasteiger charge is -2.13. The van der Waals surface area contributed by atoms with E-state index in [0.717, 1.165) is 99.3 Å². The first-order valence-electron chi connectivity index (χ1n) is 42.3. The van der Waals surface area contributed by atoms with Gasteiger partial charge in [-0.15, -0.1) is 34.0 Å². The number of aryl methyl sites for hydroxylation is 2. The van der Waals surface area contributed by atoms with Crippen LogP contribution in [-0.4, -0.2) is 29.9 Å². The van der Waals surface area contributed by atoms with Crippen molar-refractivity contribution >= 4 is 192 Å². The lowest BCUT2D eigenvalue weighted by Crippen LogP contribution is -1.96. The summed E-state index contributed by atoms with van der Waals surface area (Å²) >= 11 is 5.63. The summed E-state index contributed by atoms with van der Waals surface area (Å²) in [6.45, 7) is 4.08. The van der Waals surface area contributed by atoms with Crippen LogP contribution < -0.4 is 0 Å². The summed E-state index contributed by atoms with van der Waals surface area (Å²) < 4.78 is 8.01. The van der Waals surface area contributed by atoms with E-state index in [9.17, 15) is 0 Å². The lowest BCUT2D eigenvalue weighted by atomic mass is 9.94. The second-order valence-electron chi connectivity index (χ2n) is 32.2. The van der Waals surface area contributed by atoms with Crippen molar-refractivity contribution in [1.82, 2.24) is 29.9 Å². The lowest BCUT2D eigenvalue weighted by molar-refractivity contribution is 1.11. The standard InChI is InChI=1S/2C40H24N2S.C36H24N2S/c1-2-10-25(11-3-1)36-24-41-38-33-21-20-27(23-35(33)30-14-4-5-16-32(30)39(38)42-36)26-12-8-13-28(22-26)29-17-9-18-34-31-15-6-7-19-37(31)43-40(29)34;1-2-10-25(11-3-1)36-24-41-38-32-16-5-4-14-30(32)35-23-27(20-21-33(35)39(38)42-36)26-12-8-13-28(22-26)29-17-9-18-34-31-15-6-7-19-37(31)43-40(29)34;1-21-22(2)38-35-30-18-17-24(20-32(30)27-11-3-4-13-29(27)34(35)37-21)23-9-7-10-25(19-23)26-14-8-15-31-28-12-5-6-16-33(28)39-36(26)31/h2*1-24H;3-20H,1-2H3. The van der Waals surface area contributed by atoms with Gasteiger partial charge in [0.15, 0.2) is 0 Å². The molecule has 20 aromatic carbocycles. The predicted molar refractivity (Wildman–Crippen MR) is 535 cm³/mol. The highest BCUT2D eigenvalue weighted by atomic mass is 32.1. The maximum absolute atomic E-state index is 5.17. The summed E-state index contributed by atoms with van der Waals surface area (Å²) in [5.74, 6) is 0. The Labute approximate surface area is 731 Å². The minimum Gasteiger partial charge on any atom is -0.252 e. The molecule has 0 radical (unpaired) electrons. The van der Waals surface area contributed by atoms with E-state index < -0.39 is 0 Å². The zero-order valence-corrected chi connectivity index (χ0v) is 70.5. The van der Waals surface area contributed by atoms with E-state index in [1.54, 1.807) is 0 Å². The molecule has 0 saturated heterocycles. The van der Waals surface area contributed by atoms with Gasteiger partial charge in [-0.2, -0.15) is 0 Å². The van der Waals surface area contributed by atoms with Gasteiger partial charge in [-0.1, -0.05) is 334 Å². The molecule has 0 amide bonds. The average molecular weight is 1650 g/mol. The molecule has 0 atom stereocenters. The van der Waals surface area contributed by atoms with E-state index in [1.165, 1.54) is 160 Å². The van der Waals surface area contributed by atoms with Crippen molar-refractivity contribution < 1.29 is 0 Å². The maximum Gasteiger partial charge on any atom is 0.0979 e. The van der Waals surface area contributed by atoms with Crippen LogP contribution in [0.4, 0.5) is 0 Å². The molecule has 26 rings (SSSR count). The molecule has 0 aliphatic carbocycles. The van der Waals surface area contributed by atoms with Gasteiger partial charge < -0.3 is 0 Å². The van der Waals surface area contributed by atoms with Crippen LogP contribution in [0.25, 0.3) is 248 Å². The summed E-state index contributed by atoms with van der Waals surface area (Å²) in [6, 6.07) is 140. The maximum atomic E-state index is 5.17. The Morgan fingerprint density at radius 1 is 0.168 bits per heavy atom. The van der Waals surface area contributed by atoms with Crippen molar-refractivity contribution in [1.29, 1.82) is 0 Å². The Bertz CT molecular complexity index is 8900. The molecule has 0 bridgehead atoms. The molecule has 6 heterocycles. The third-order valence-corrected chi connectivity index (χ3v) is 28.6. The largest absolute Gasteiger partial charge is 0.252 e. The van der Waals surface area contributed by atoms with Crippen molar-refractivity contribution in [3.63, 3.8) is 0 Å². The molecule has 0 saturated carbocycles. The number of hydrogen-bond acceptors (Lipinski definition) is 9. The fourth-order valence-corrected chi connectivity index (χ4v) is 22.5. The van der Waals surface area contributed by atoms with Crippen molar-refractivity contribution in [2.45, 2.75) is 13.8 Å². The van der Waals surface area contributed by atoms with Gasteiger partial charge in [0, 0.05) is 104 Å². The third kappa shape index (κ3) is 12.7. The number of hydrogen-bond donors (Lipinski definition) is 0. The van der Waals surface area contributed by atoms with Crippen LogP contribution in [0.1, 0.15) is 11.4 Å². The molecule has 6 aromatic heterocycles. The Hall–Kier alpha value is -15.4. The van der Waals surface area contributed by atoms with Gasteiger partial charge in [0.2, 0.25) is 0 Å². The number of nitrogens with zero attached hydrogens (tertiary/aromatic N) is 6. The fraction of sp³-hybridized carbons (Fsp3) is 0.0172. The molecule has 0 aliphatic rings. The van der Waals surface area contributed by atoms with Gasteiger partial charge in [-0.05, 0) is 168 Å². The van der Waals surface area contributed by atoms with Gasteiger partial charge in [-0.25, -0.2) is 19.9 Å². The highest BCUT2D eigenvalue weighted by molar-refractivity contribution is 7.27. The van der Waals surface area contributed by atoms with Crippen LogP contribution in [0, 0.1) is 13.8 Å². The second kappa shape index (κ2) is 30.4. The minimum atomic E-state index is 0.886. The zero-order chi connectivity index (χ0) is 82.7. The van der Waals surface area contributed by atoms with E-state index in [2.05, 4.69) is 352 Å². The van der Waals surface area contributed by atoms with Gasteiger partial charge in [-0.3, -0.25) is 9.97 Å². The highest BCUT2D eigenvalue weighted by Gasteiger charge is 2.21. The molecular formula is C116H72N6S3. The van der Waals surface area contributed by atoms with E-state index >= 15 is 0 Å². The van der Waals surface area contributed by atoms with Crippen molar-refractivity contribution in [3.05, 3.63) is 412 Å². The van der Waals surface area contributed by atoms with Crippen LogP contribution in [0.15, 0.2) is 401 Å². The third-order valence-electron chi connectivity index (χ3n) is 25.0. The summed E-state index contributed by atoms with van der Waals surface area (Å²) in [6.07, 6.45) is 3.80. The molecule has 0 unspecified atom stereocenters. The van der Waals surface area contributed by atoms with Crippen molar-refractivity contribution in [2.24, 2.45) is 0 Å². The first kappa shape index (κ1) is 73.6. The van der Waals surface area contributed by atoms with Crippen LogP contribution in [0.3, 0.4) is 0 Å². The molecule has 0 spiro atoms. The number of thiophene rings is 3. The van der Waals surface area contributed by atoms with Crippen LogP contribution in [0.2, 0.25) is 0 Å². The van der Waals surface area contributed by atoms with E-state index in [0.29, 0.717) is 0 Å². The van der Waals surface area contributed by atoms with Crippen molar-refractivity contribution in [3.8, 4) is 89.3 Å².